The molecule has 0 saturated heterocycles. The molecular formula is C20H19N5O2. The number of aliphatic hydroxyl groups is 1. The van der Waals surface area contributed by atoms with Gasteiger partial charge in [0.15, 0.2) is 5.69 Å². The zero-order chi connectivity index (χ0) is 18.5. The molecule has 2 saturated carbocycles. The predicted molar refractivity (Wildman–Crippen MR) is 101 cm³/mol. The number of amides is 1. The Balaban J connectivity index is 1.59. The van der Waals surface area contributed by atoms with Crippen LogP contribution in [0.3, 0.4) is 0 Å². The van der Waals surface area contributed by atoms with E-state index in [1.165, 1.54) is 0 Å². The van der Waals surface area contributed by atoms with Crippen LogP contribution in [-0.4, -0.2) is 39.2 Å². The van der Waals surface area contributed by atoms with Gasteiger partial charge >= 0.3 is 0 Å². The minimum atomic E-state index is -0.322. The predicted octanol–water partition coefficient (Wildman–Crippen LogP) is 2.42. The van der Waals surface area contributed by atoms with E-state index in [9.17, 15) is 9.90 Å². The molecule has 2 aliphatic rings. The highest BCUT2D eigenvalue weighted by molar-refractivity contribution is 6.09. The van der Waals surface area contributed by atoms with Gasteiger partial charge in [-0.15, -0.1) is 0 Å². The number of aromatic nitrogens is 2. The Morgan fingerprint density at radius 1 is 1.22 bits per heavy atom. The van der Waals surface area contributed by atoms with Crippen LogP contribution in [0.5, 0.6) is 0 Å². The fraction of sp³-hybridized carbons (Fsp3) is 0.350. The zero-order valence-corrected chi connectivity index (χ0v) is 14.6. The zero-order valence-electron chi connectivity index (χ0n) is 14.6. The molecule has 4 N–H and O–H groups in total. The summed E-state index contributed by atoms with van der Waals surface area (Å²) in [6.07, 6.45) is 3.03. The van der Waals surface area contributed by atoms with E-state index < -0.39 is 0 Å². The molecule has 0 atom stereocenters. The fourth-order valence-corrected chi connectivity index (χ4v) is 3.57. The SMILES string of the molecule is N#Cc1ccc2c(c1)[nH]c1cc(NC3CC3)c(C(=O)NC3CC(O)C3)nc12. The number of aliphatic hydroxyl groups excluding tert-OH is 1. The summed E-state index contributed by atoms with van der Waals surface area (Å²) in [5, 5.41) is 25.8. The Hall–Kier alpha value is -3.11. The highest BCUT2D eigenvalue weighted by Gasteiger charge is 2.31. The lowest BCUT2D eigenvalue weighted by molar-refractivity contribution is 0.0561. The van der Waals surface area contributed by atoms with Crippen LogP contribution in [0.1, 0.15) is 41.7 Å². The summed E-state index contributed by atoms with van der Waals surface area (Å²) in [5.41, 5.74) is 4.05. The number of nitriles is 1. The van der Waals surface area contributed by atoms with Crippen molar-refractivity contribution in [2.75, 3.05) is 5.32 Å². The molecule has 0 bridgehead atoms. The Labute approximate surface area is 155 Å². The van der Waals surface area contributed by atoms with Crippen molar-refractivity contribution in [1.29, 1.82) is 5.26 Å². The van der Waals surface area contributed by atoms with Crippen LogP contribution in [0.15, 0.2) is 24.3 Å². The number of aromatic amines is 1. The molecule has 7 nitrogen and oxygen atoms in total. The monoisotopic (exact) mass is 361 g/mol. The van der Waals surface area contributed by atoms with Crippen LogP contribution in [0.4, 0.5) is 5.69 Å². The minimum Gasteiger partial charge on any atom is -0.393 e. The molecule has 2 fully saturated rings. The number of pyridine rings is 1. The van der Waals surface area contributed by atoms with Crippen LogP contribution < -0.4 is 10.6 Å². The molecule has 7 heteroatoms. The van der Waals surface area contributed by atoms with Gasteiger partial charge in [-0.25, -0.2) is 4.98 Å². The van der Waals surface area contributed by atoms with Crippen molar-refractivity contribution in [3.63, 3.8) is 0 Å². The van der Waals surface area contributed by atoms with Gasteiger partial charge in [0.2, 0.25) is 0 Å². The lowest BCUT2D eigenvalue weighted by atomic mass is 9.89. The number of rotatable bonds is 4. The molecule has 3 aromatic rings. The fourth-order valence-electron chi connectivity index (χ4n) is 3.57. The first-order valence-electron chi connectivity index (χ1n) is 9.23. The first-order valence-corrected chi connectivity index (χ1v) is 9.23. The molecule has 0 spiro atoms. The highest BCUT2D eigenvalue weighted by Crippen LogP contribution is 2.32. The van der Waals surface area contributed by atoms with E-state index in [4.69, 9.17) is 5.26 Å². The quantitative estimate of drug-likeness (QED) is 0.570. The van der Waals surface area contributed by atoms with Gasteiger partial charge in [0, 0.05) is 23.0 Å². The molecule has 5 rings (SSSR count). The number of carbonyl (C=O) groups is 1. The van der Waals surface area contributed by atoms with E-state index in [1.54, 1.807) is 12.1 Å². The summed E-state index contributed by atoms with van der Waals surface area (Å²) >= 11 is 0. The third-order valence-electron chi connectivity index (χ3n) is 5.30. The van der Waals surface area contributed by atoms with Crippen molar-refractivity contribution in [2.24, 2.45) is 0 Å². The maximum absolute atomic E-state index is 12.8. The Kier molecular flexibility index (Phi) is 3.55. The second kappa shape index (κ2) is 5.96. The summed E-state index contributed by atoms with van der Waals surface area (Å²) in [5.74, 6) is -0.222. The molecule has 1 amide bonds. The lowest BCUT2D eigenvalue weighted by Gasteiger charge is -2.32. The van der Waals surface area contributed by atoms with Gasteiger partial charge in [-0.1, -0.05) is 0 Å². The number of fused-ring (bicyclic) bond motifs is 3. The van der Waals surface area contributed by atoms with Gasteiger partial charge in [-0.05, 0) is 49.9 Å². The van der Waals surface area contributed by atoms with Gasteiger partial charge in [0.1, 0.15) is 0 Å². The smallest absolute Gasteiger partial charge is 0.272 e. The van der Waals surface area contributed by atoms with E-state index in [2.05, 4.69) is 26.7 Å². The molecule has 2 heterocycles. The summed E-state index contributed by atoms with van der Waals surface area (Å²) < 4.78 is 0. The standard InChI is InChI=1S/C20H19N5O2/c21-9-10-1-4-14-15(5-10)24-16-8-17(22-11-2-3-11)19(25-18(14)16)20(27)23-12-6-13(26)7-12/h1,4-5,8,11-13,22,24,26H,2-3,6-7H2,(H,23,27). The van der Waals surface area contributed by atoms with Gasteiger partial charge in [0.05, 0.1) is 34.5 Å². The Morgan fingerprint density at radius 2 is 2.04 bits per heavy atom. The number of benzene rings is 1. The lowest BCUT2D eigenvalue weighted by Crippen LogP contribution is -2.47. The van der Waals surface area contributed by atoms with Gasteiger partial charge in [0.25, 0.3) is 5.91 Å². The molecule has 2 aromatic heterocycles. The van der Waals surface area contributed by atoms with E-state index in [1.807, 2.05) is 12.1 Å². The third kappa shape index (κ3) is 2.88. The van der Waals surface area contributed by atoms with Crippen LogP contribution >= 0.6 is 0 Å². The van der Waals surface area contributed by atoms with Crippen LogP contribution in [0.2, 0.25) is 0 Å². The van der Waals surface area contributed by atoms with Crippen molar-refractivity contribution in [3.8, 4) is 6.07 Å². The highest BCUT2D eigenvalue weighted by atomic mass is 16.3. The van der Waals surface area contributed by atoms with E-state index in [-0.39, 0.29) is 18.1 Å². The van der Waals surface area contributed by atoms with Crippen molar-refractivity contribution >= 4 is 33.5 Å². The Bertz CT molecular complexity index is 1100. The topological polar surface area (TPSA) is 114 Å². The minimum absolute atomic E-state index is 0.0000670. The molecular weight excluding hydrogens is 342 g/mol. The number of hydrogen-bond donors (Lipinski definition) is 4. The van der Waals surface area contributed by atoms with Gasteiger partial charge in [-0.2, -0.15) is 5.26 Å². The molecule has 0 radical (unpaired) electrons. The molecule has 136 valence electrons. The average molecular weight is 361 g/mol. The van der Waals surface area contributed by atoms with E-state index in [0.29, 0.717) is 30.1 Å². The van der Waals surface area contributed by atoms with Gasteiger partial charge in [-0.3, -0.25) is 4.79 Å². The van der Waals surface area contributed by atoms with Crippen molar-refractivity contribution in [2.45, 2.75) is 43.9 Å². The third-order valence-corrected chi connectivity index (χ3v) is 5.30. The largest absolute Gasteiger partial charge is 0.393 e. The first-order chi connectivity index (χ1) is 13.1. The molecule has 1 aromatic carbocycles. The summed E-state index contributed by atoms with van der Waals surface area (Å²) in [6.45, 7) is 0. The van der Waals surface area contributed by atoms with Crippen LogP contribution in [0, 0.1) is 11.3 Å². The van der Waals surface area contributed by atoms with E-state index in [0.717, 1.165) is 40.5 Å². The number of H-pyrrole nitrogens is 1. The van der Waals surface area contributed by atoms with Crippen LogP contribution in [-0.2, 0) is 0 Å². The average Bonchev–Trinajstić information content (AvgIpc) is 3.38. The summed E-state index contributed by atoms with van der Waals surface area (Å²) in [6, 6.07) is 9.86. The van der Waals surface area contributed by atoms with Crippen molar-refractivity contribution in [1.82, 2.24) is 15.3 Å². The maximum atomic E-state index is 12.8. The molecule has 2 aliphatic carbocycles. The molecule has 0 unspecified atom stereocenters. The maximum Gasteiger partial charge on any atom is 0.272 e. The van der Waals surface area contributed by atoms with Crippen LogP contribution in [0.25, 0.3) is 21.9 Å². The second-order valence-corrected chi connectivity index (χ2v) is 7.49. The van der Waals surface area contributed by atoms with E-state index >= 15 is 0 Å². The molecule has 27 heavy (non-hydrogen) atoms. The van der Waals surface area contributed by atoms with Crippen molar-refractivity contribution < 1.29 is 9.90 Å². The number of anilines is 1. The summed E-state index contributed by atoms with van der Waals surface area (Å²) in [4.78, 5) is 20.8. The first kappa shape index (κ1) is 16.1. The second-order valence-electron chi connectivity index (χ2n) is 7.49. The van der Waals surface area contributed by atoms with Gasteiger partial charge < -0.3 is 20.7 Å². The number of nitrogens with one attached hydrogen (secondary N) is 3. The van der Waals surface area contributed by atoms with Crippen molar-refractivity contribution in [3.05, 3.63) is 35.5 Å². The Morgan fingerprint density at radius 3 is 2.74 bits per heavy atom. The number of nitrogens with zero attached hydrogens (tertiary/aromatic N) is 2. The number of hydrogen-bond acceptors (Lipinski definition) is 5. The molecule has 0 aliphatic heterocycles. The number of carbonyl (C=O) groups excluding carboxylic acids is 1. The summed E-state index contributed by atoms with van der Waals surface area (Å²) in [7, 11) is 0. The normalized spacial score (nSPS) is 21.6.